The Morgan fingerprint density at radius 1 is 0.958 bits per heavy atom. The van der Waals surface area contributed by atoms with Crippen LogP contribution in [-0.4, -0.2) is 18.8 Å². The standard InChI is InChI=1S/C21H20O3/c1-3-24-20-12-17-16(11-19(20)23-2)18(22)10-14-9-8-13-6-4-5-7-15(13)21(14)17/h4-7,10-12,22H,3,8-9H2,1-2H3. The van der Waals surface area contributed by atoms with Crippen LogP contribution in [0.4, 0.5) is 0 Å². The monoisotopic (exact) mass is 320 g/mol. The Kier molecular flexibility index (Phi) is 3.57. The maximum absolute atomic E-state index is 10.5. The lowest BCUT2D eigenvalue weighted by atomic mass is 9.82. The molecule has 0 radical (unpaired) electrons. The van der Waals surface area contributed by atoms with Crippen molar-refractivity contribution in [1.29, 1.82) is 0 Å². The number of ether oxygens (including phenoxy) is 2. The number of methoxy groups -OCH3 is 1. The van der Waals surface area contributed by atoms with E-state index in [1.165, 1.54) is 22.3 Å². The maximum atomic E-state index is 10.5. The first kappa shape index (κ1) is 14.9. The van der Waals surface area contributed by atoms with Crippen molar-refractivity contribution in [3.63, 3.8) is 0 Å². The van der Waals surface area contributed by atoms with Crippen LogP contribution in [0.25, 0.3) is 21.9 Å². The summed E-state index contributed by atoms with van der Waals surface area (Å²) in [7, 11) is 1.62. The van der Waals surface area contributed by atoms with Crippen LogP contribution < -0.4 is 9.47 Å². The molecule has 24 heavy (non-hydrogen) atoms. The molecule has 1 aliphatic rings. The van der Waals surface area contributed by atoms with Gasteiger partial charge in [-0.25, -0.2) is 0 Å². The minimum Gasteiger partial charge on any atom is -0.507 e. The van der Waals surface area contributed by atoms with Gasteiger partial charge in [-0.05, 0) is 65.6 Å². The average Bonchev–Trinajstić information content (AvgIpc) is 2.61. The second-order valence-electron chi connectivity index (χ2n) is 6.07. The fourth-order valence-corrected chi connectivity index (χ4v) is 3.66. The van der Waals surface area contributed by atoms with E-state index in [4.69, 9.17) is 9.47 Å². The zero-order valence-electron chi connectivity index (χ0n) is 13.9. The first-order valence-electron chi connectivity index (χ1n) is 8.30. The zero-order valence-corrected chi connectivity index (χ0v) is 13.9. The van der Waals surface area contributed by atoms with E-state index in [1.54, 1.807) is 7.11 Å². The maximum Gasteiger partial charge on any atom is 0.161 e. The minimum atomic E-state index is 0.296. The first-order chi connectivity index (χ1) is 11.7. The molecule has 4 rings (SSSR count). The Balaban J connectivity index is 2.08. The molecule has 0 saturated heterocycles. The number of hydrogen-bond acceptors (Lipinski definition) is 3. The van der Waals surface area contributed by atoms with Crippen molar-refractivity contribution in [3.8, 4) is 28.4 Å². The van der Waals surface area contributed by atoms with Crippen LogP contribution >= 0.6 is 0 Å². The molecule has 122 valence electrons. The molecule has 1 aliphatic carbocycles. The van der Waals surface area contributed by atoms with Crippen molar-refractivity contribution in [1.82, 2.24) is 0 Å². The largest absolute Gasteiger partial charge is 0.507 e. The molecule has 0 fully saturated rings. The van der Waals surface area contributed by atoms with E-state index in [0.29, 0.717) is 23.9 Å². The van der Waals surface area contributed by atoms with E-state index in [-0.39, 0.29) is 0 Å². The summed E-state index contributed by atoms with van der Waals surface area (Å²) in [4.78, 5) is 0. The molecule has 0 spiro atoms. The molecular weight excluding hydrogens is 300 g/mol. The highest BCUT2D eigenvalue weighted by Crippen LogP contribution is 2.45. The van der Waals surface area contributed by atoms with Gasteiger partial charge in [0.25, 0.3) is 0 Å². The van der Waals surface area contributed by atoms with E-state index in [0.717, 1.165) is 23.6 Å². The van der Waals surface area contributed by atoms with Gasteiger partial charge >= 0.3 is 0 Å². The summed E-state index contributed by atoms with van der Waals surface area (Å²) in [6, 6.07) is 14.3. The number of rotatable bonds is 3. The molecule has 0 aliphatic heterocycles. The summed E-state index contributed by atoms with van der Waals surface area (Å²) < 4.78 is 11.2. The SMILES string of the molecule is CCOc1cc2c3c(cc(O)c2cc1OC)CCc1ccccc1-3. The van der Waals surface area contributed by atoms with E-state index >= 15 is 0 Å². The Morgan fingerprint density at radius 2 is 1.71 bits per heavy atom. The number of aryl methyl sites for hydroxylation is 2. The Hall–Kier alpha value is -2.68. The molecule has 3 aromatic rings. The molecule has 3 nitrogen and oxygen atoms in total. The molecule has 1 N–H and O–H groups in total. The van der Waals surface area contributed by atoms with E-state index in [1.807, 2.05) is 25.1 Å². The van der Waals surface area contributed by atoms with Gasteiger partial charge in [-0.2, -0.15) is 0 Å². The summed E-state index contributed by atoms with van der Waals surface area (Å²) in [5, 5.41) is 12.3. The summed E-state index contributed by atoms with van der Waals surface area (Å²) >= 11 is 0. The van der Waals surface area contributed by atoms with Crippen molar-refractivity contribution in [2.45, 2.75) is 19.8 Å². The number of benzene rings is 3. The van der Waals surface area contributed by atoms with Crippen LogP contribution in [0.3, 0.4) is 0 Å². The second-order valence-corrected chi connectivity index (χ2v) is 6.07. The Labute approximate surface area is 141 Å². The molecule has 3 heteroatoms. The third-order valence-electron chi connectivity index (χ3n) is 4.73. The van der Waals surface area contributed by atoms with Crippen LogP contribution in [0.1, 0.15) is 18.1 Å². The normalized spacial score (nSPS) is 12.6. The minimum absolute atomic E-state index is 0.296. The van der Waals surface area contributed by atoms with Crippen LogP contribution in [-0.2, 0) is 12.8 Å². The number of fused-ring (bicyclic) bond motifs is 5. The molecule has 3 aromatic carbocycles. The van der Waals surface area contributed by atoms with Gasteiger partial charge in [0.05, 0.1) is 13.7 Å². The van der Waals surface area contributed by atoms with Gasteiger partial charge in [-0.1, -0.05) is 24.3 Å². The average molecular weight is 320 g/mol. The zero-order chi connectivity index (χ0) is 16.7. The molecule has 0 atom stereocenters. The molecule has 0 saturated carbocycles. The van der Waals surface area contributed by atoms with Gasteiger partial charge in [0, 0.05) is 5.39 Å². The number of hydrogen-bond donors (Lipinski definition) is 1. The lowest BCUT2D eigenvalue weighted by Crippen LogP contribution is -2.05. The van der Waals surface area contributed by atoms with Crippen molar-refractivity contribution in [2.75, 3.05) is 13.7 Å². The van der Waals surface area contributed by atoms with E-state index < -0.39 is 0 Å². The Bertz CT molecular complexity index is 928. The lowest BCUT2D eigenvalue weighted by molar-refractivity contribution is 0.311. The second kappa shape index (κ2) is 5.75. The summed E-state index contributed by atoms with van der Waals surface area (Å²) in [6.45, 7) is 2.52. The summed E-state index contributed by atoms with van der Waals surface area (Å²) in [6.07, 6.45) is 1.94. The summed E-state index contributed by atoms with van der Waals surface area (Å²) in [5.41, 5.74) is 4.99. The van der Waals surface area contributed by atoms with Crippen LogP contribution in [0.15, 0.2) is 42.5 Å². The molecule has 0 aromatic heterocycles. The van der Waals surface area contributed by atoms with Gasteiger partial charge < -0.3 is 14.6 Å². The summed E-state index contributed by atoms with van der Waals surface area (Å²) in [5.74, 6) is 1.65. The topological polar surface area (TPSA) is 38.7 Å². The van der Waals surface area contributed by atoms with Gasteiger partial charge in [-0.15, -0.1) is 0 Å². The first-order valence-corrected chi connectivity index (χ1v) is 8.30. The molecule has 0 amide bonds. The van der Waals surface area contributed by atoms with Crippen LogP contribution in [0.5, 0.6) is 17.2 Å². The highest BCUT2D eigenvalue weighted by molar-refractivity contribution is 6.04. The predicted octanol–water partition coefficient (Wildman–Crippen LogP) is 4.72. The van der Waals surface area contributed by atoms with Crippen LogP contribution in [0.2, 0.25) is 0 Å². The number of phenolic OH excluding ortho intramolecular Hbond substituents is 1. The quantitative estimate of drug-likeness (QED) is 0.759. The number of aromatic hydroxyl groups is 1. The van der Waals surface area contributed by atoms with Crippen molar-refractivity contribution in [3.05, 3.63) is 53.6 Å². The van der Waals surface area contributed by atoms with E-state index in [2.05, 4.69) is 24.3 Å². The highest BCUT2D eigenvalue weighted by atomic mass is 16.5. The lowest BCUT2D eigenvalue weighted by Gasteiger charge is -2.23. The van der Waals surface area contributed by atoms with Crippen molar-refractivity contribution < 1.29 is 14.6 Å². The predicted molar refractivity (Wildman–Crippen MR) is 96.2 cm³/mol. The smallest absolute Gasteiger partial charge is 0.161 e. The van der Waals surface area contributed by atoms with Gasteiger partial charge in [0.15, 0.2) is 11.5 Å². The highest BCUT2D eigenvalue weighted by Gasteiger charge is 2.21. The van der Waals surface area contributed by atoms with Crippen LogP contribution in [0, 0.1) is 0 Å². The molecule has 0 unspecified atom stereocenters. The third kappa shape index (κ3) is 2.20. The van der Waals surface area contributed by atoms with Crippen molar-refractivity contribution in [2.24, 2.45) is 0 Å². The van der Waals surface area contributed by atoms with Gasteiger partial charge in [-0.3, -0.25) is 0 Å². The van der Waals surface area contributed by atoms with E-state index in [9.17, 15) is 5.11 Å². The van der Waals surface area contributed by atoms with Crippen molar-refractivity contribution >= 4 is 10.8 Å². The van der Waals surface area contributed by atoms with Gasteiger partial charge in [0.1, 0.15) is 5.75 Å². The third-order valence-corrected chi connectivity index (χ3v) is 4.73. The fraction of sp³-hybridized carbons (Fsp3) is 0.238. The molecule has 0 bridgehead atoms. The Morgan fingerprint density at radius 3 is 2.50 bits per heavy atom. The number of phenols is 1. The molecule has 0 heterocycles. The van der Waals surface area contributed by atoms with Gasteiger partial charge in [0.2, 0.25) is 0 Å². The fourth-order valence-electron chi connectivity index (χ4n) is 3.66. The molecular formula is C21H20O3.